The van der Waals surface area contributed by atoms with Gasteiger partial charge in [-0.2, -0.15) is 0 Å². The van der Waals surface area contributed by atoms with Gasteiger partial charge in [0.25, 0.3) is 0 Å². The molecule has 0 saturated heterocycles. The molecular formula is C17H27N3. The Hall–Kier alpha value is -0.960. The van der Waals surface area contributed by atoms with Crippen LogP contribution < -0.4 is 5.32 Å². The van der Waals surface area contributed by atoms with E-state index in [4.69, 9.17) is 9.97 Å². The molecule has 0 radical (unpaired) electrons. The van der Waals surface area contributed by atoms with Crippen LogP contribution in [0.2, 0.25) is 0 Å². The molecule has 2 aliphatic rings. The Balaban J connectivity index is 1.89. The predicted molar refractivity (Wildman–Crippen MR) is 81.8 cm³/mol. The fourth-order valence-electron chi connectivity index (χ4n) is 3.58. The lowest BCUT2D eigenvalue weighted by Crippen LogP contribution is -2.28. The predicted octanol–water partition coefficient (Wildman–Crippen LogP) is 3.37. The van der Waals surface area contributed by atoms with Crippen molar-refractivity contribution in [2.45, 2.75) is 71.3 Å². The lowest BCUT2D eigenvalue weighted by molar-refractivity contribution is 0.338. The SMILES string of the molecule is CCCc1nc(C2CCC(C)CC2)nc2c1CNCC2. The van der Waals surface area contributed by atoms with Crippen molar-refractivity contribution in [3.05, 3.63) is 22.8 Å². The highest BCUT2D eigenvalue weighted by atomic mass is 15.0. The fraction of sp³-hybridized carbons (Fsp3) is 0.765. The molecule has 0 aromatic carbocycles. The average molecular weight is 273 g/mol. The van der Waals surface area contributed by atoms with Gasteiger partial charge in [-0.1, -0.05) is 33.1 Å². The normalized spacial score (nSPS) is 26.3. The number of aromatic nitrogens is 2. The minimum atomic E-state index is 0.613. The Kier molecular flexibility index (Phi) is 4.35. The summed E-state index contributed by atoms with van der Waals surface area (Å²) in [5.74, 6) is 2.66. The van der Waals surface area contributed by atoms with Gasteiger partial charge >= 0.3 is 0 Å². The van der Waals surface area contributed by atoms with Crippen LogP contribution in [0.3, 0.4) is 0 Å². The molecule has 1 aliphatic heterocycles. The van der Waals surface area contributed by atoms with Crippen molar-refractivity contribution >= 4 is 0 Å². The molecule has 20 heavy (non-hydrogen) atoms. The Morgan fingerprint density at radius 1 is 1.15 bits per heavy atom. The van der Waals surface area contributed by atoms with Crippen LogP contribution in [-0.2, 0) is 19.4 Å². The number of fused-ring (bicyclic) bond motifs is 1. The summed E-state index contributed by atoms with van der Waals surface area (Å²) in [6, 6.07) is 0. The van der Waals surface area contributed by atoms with E-state index in [0.717, 1.165) is 37.7 Å². The van der Waals surface area contributed by atoms with Gasteiger partial charge in [-0.25, -0.2) is 9.97 Å². The molecule has 3 heteroatoms. The second-order valence-corrected chi connectivity index (χ2v) is 6.59. The first-order chi connectivity index (χ1) is 9.78. The van der Waals surface area contributed by atoms with Crippen molar-refractivity contribution in [3.8, 4) is 0 Å². The van der Waals surface area contributed by atoms with E-state index in [2.05, 4.69) is 19.2 Å². The van der Waals surface area contributed by atoms with E-state index in [-0.39, 0.29) is 0 Å². The van der Waals surface area contributed by atoms with Gasteiger partial charge in [0.2, 0.25) is 0 Å². The summed E-state index contributed by atoms with van der Waals surface area (Å²) < 4.78 is 0. The Morgan fingerprint density at radius 2 is 1.95 bits per heavy atom. The van der Waals surface area contributed by atoms with Crippen LogP contribution in [-0.4, -0.2) is 16.5 Å². The minimum absolute atomic E-state index is 0.613. The molecule has 0 atom stereocenters. The highest BCUT2D eigenvalue weighted by Gasteiger charge is 2.25. The largest absolute Gasteiger partial charge is 0.312 e. The van der Waals surface area contributed by atoms with Crippen LogP contribution in [0.1, 0.15) is 74.6 Å². The van der Waals surface area contributed by atoms with E-state index in [1.54, 1.807) is 0 Å². The molecule has 1 fully saturated rings. The molecule has 2 heterocycles. The molecule has 1 aromatic rings. The van der Waals surface area contributed by atoms with Crippen LogP contribution in [0.5, 0.6) is 0 Å². The zero-order chi connectivity index (χ0) is 13.9. The van der Waals surface area contributed by atoms with Gasteiger partial charge < -0.3 is 5.32 Å². The summed E-state index contributed by atoms with van der Waals surface area (Å²) in [6.07, 6.45) is 8.59. The molecule has 3 rings (SSSR count). The number of aryl methyl sites for hydroxylation is 1. The highest BCUT2D eigenvalue weighted by molar-refractivity contribution is 5.29. The van der Waals surface area contributed by atoms with Gasteiger partial charge in [0.15, 0.2) is 0 Å². The maximum Gasteiger partial charge on any atom is 0.131 e. The summed E-state index contributed by atoms with van der Waals surface area (Å²) >= 11 is 0. The Labute approximate surface area is 122 Å². The standard InChI is InChI=1S/C17H27N3/c1-3-4-15-14-11-18-10-9-16(14)20-17(19-15)13-7-5-12(2)6-8-13/h12-13,18H,3-11H2,1-2H3. The molecule has 0 bridgehead atoms. The van der Waals surface area contributed by atoms with Gasteiger partial charge in [0.05, 0.1) is 5.69 Å². The molecule has 0 unspecified atom stereocenters. The summed E-state index contributed by atoms with van der Waals surface area (Å²) in [5.41, 5.74) is 4.04. The molecule has 0 spiro atoms. The number of rotatable bonds is 3. The quantitative estimate of drug-likeness (QED) is 0.917. The van der Waals surface area contributed by atoms with E-state index >= 15 is 0 Å². The molecular weight excluding hydrogens is 246 g/mol. The molecule has 1 N–H and O–H groups in total. The molecule has 1 aromatic heterocycles. The van der Waals surface area contributed by atoms with Crippen LogP contribution in [0.15, 0.2) is 0 Å². The number of nitrogens with zero attached hydrogens (tertiary/aromatic N) is 2. The van der Waals surface area contributed by atoms with Gasteiger partial charge in [-0.3, -0.25) is 0 Å². The smallest absolute Gasteiger partial charge is 0.131 e. The third kappa shape index (κ3) is 2.88. The van der Waals surface area contributed by atoms with Crippen LogP contribution >= 0.6 is 0 Å². The Bertz CT molecular complexity index is 462. The maximum absolute atomic E-state index is 4.97. The number of hydrogen-bond acceptors (Lipinski definition) is 3. The van der Waals surface area contributed by atoms with E-state index in [1.165, 1.54) is 49.1 Å². The second-order valence-electron chi connectivity index (χ2n) is 6.59. The van der Waals surface area contributed by atoms with Crippen molar-refractivity contribution in [1.29, 1.82) is 0 Å². The summed E-state index contributed by atoms with van der Waals surface area (Å²) in [6.45, 7) is 6.65. The molecule has 0 amide bonds. The first kappa shape index (κ1) is 14.0. The lowest BCUT2D eigenvalue weighted by atomic mass is 9.82. The lowest BCUT2D eigenvalue weighted by Gasteiger charge is -2.27. The van der Waals surface area contributed by atoms with Crippen LogP contribution in [0.4, 0.5) is 0 Å². The van der Waals surface area contributed by atoms with Gasteiger partial charge in [-0.15, -0.1) is 0 Å². The summed E-state index contributed by atoms with van der Waals surface area (Å²) in [4.78, 5) is 9.93. The van der Waals surface area contributed by atoms with Gasteiger partial charge in [0, 0.05) is 36.7 Å². The van der Waals surface area contributed by atoms with Crippen molar-refractivity contribution in [3.63, 3.8) is 0 Å². The average Bonchev–Trinajstić information content (AvgIpc) is 2.48. The van der Waals surface area contributed by atoms with Gasteiger partial charge in [-0.05, 0) is 25.2 Å². The summed E-state index contributed by atoms with van der Waals surface area (Å²) in [5, 5.41) is 3.46. The topological polar surface area (TPSA) is 37.8 Å². The minimum Gasteiger partial charge on any atom is -0.312 e. The Morgan fingerprint density at radius 3 is 2.70 bits per heavy atom. The number of nitrogens with one attached hydrogen (secondary N) is 1. The zero-order valence-corrected chi connectivity index (χ0v) is 12.9. The zero-order valence-electron chi connectivity index (χ0n) is 12.9. The van der Waals surface area contributed by atoms with Crippen molar-refractivity contribution in [2.75, 3.05) is 6.54 Å². The first-order valence-electron chi connectivity index (χ1n) is 8.37. The van der Waals surface area contributed by atoms with E-state index < -0.39 is 0 Å². The molecule has 3 nitrogen and oxygen atoms in total. The van der Waals surface area contributed by atoms with E-state index in [9.17, 15) is 0 Å². The summed E-state index contributed by atoms with van der Waals surface area (Å²) in [7, 11) is 0. The van der Waals surface area contributed by atoms with E-state index in [0.29, 0.717) is 5.92 Å². The van der Waals surface area contributed by atoms with Crippen molar-refractivity contribution in [2.24, 2.45) is 5.92 Å². The van der Waals surface area contributed by atoms with E-state index in [1.807, 2.05) is 0 Å². The first-order valence-corrected chi connectivity index (χ1v) is 8.37. The monoisotopic (exact) mass is 273 g/mol. The fourth-order valence-corrected chi connectivity index (χ4v) is 3.58. The second kappa shape index (κ2) is 6.21. The molecule has 1 saturated carbocycles. The third-order valence-corrected chi connectivity index (χ3v) is 4.90. The van der Waals surface area contributed by atoms with Crippen LogP contribution in [0, 0.1) is 5.92 Å². The molecule has 110 valence electrons. The molecule has 1 aliphatic carbocycles. The highest BCUT2D eigenvalue weighted by Crippen LogP contribution is 2.34. The van der Waals surface area contributed by atoms with Gasteiger partial charge in [0.1, 0.15) is 5.82 Å². The van der Waals surface area contributed by atoms with Crippen molar-refractivity contribution in [1.82, 2.24) is 15.3 Å². The van der Waals surface area contributed by atoms with Crippen LogP contribution in [0.25, 0.3) is 0 Å². The number of hydrogen-bond donors (Lipinski definition) is 1. The maximum atomic E-state index is 4.97. The van der Waals surface area contributed by atoms with Crippen molar-refractivity contribution < 1.29 is 0 Å². The third-order valence-electron chi connectivity index (χ3n) is 4.90.